The van der Waals surface area contributed by atoms with E-state index < -0.39 is 0 Å². The van der Waals surface area contributed by atoms with E-state index in [4.69, 9.17) is 11.6 Å². The van der Waals surface area contributed by atoms with E-state index in [1.165, 1.54) is 38.0 Å². The molecule has 0 radical (unpaired) electrons. The highest BCUT2D eigenvalue weighted by atomic mass is 35.5. The van der Waals surface area contributed by atoms with Gasteiger partial charge in [-0.2, -0.15) is 0 Å². The monoisotopic (exact) mass is 266 g/mol. The molecular formula is C15H23ClN2. The highest BCUT2D eigenvalue weighted by molar-refractivity contribution is 6.31. The molecule has 0 spiro atoms. The van der Waals surface area contributed by atoms with Crippen LogP contribution in [0.4, 0.5) is 5.69 Å². The van der Waals surface area contributed by atoms with Crippen molar-refractivity contribution in [3.8, 4) is 0 Å². The van der Waals surface area contributed by atoms with Crippen molar-refractivity contribution in [3.63, 3.8) is 0 Å². The minimum atomic E-state index is 0.862. The van der Waals surface area contributed by atoms with Crippen molar-refractivity contribution in [1.29, 1.82) is 0 Å². The standard InChI is InChI=1S/C15H23ClN2/c1-12-3-4-14(11-15(12)16)18(2)10-7-13-5-8-17-9-6-13/h3-4,11,13,17H,5-10H2,1-2H3. The molecule has 2 rings (SSSR count). The number of aryl methyl sites for hydroxylation is 1. The van der Waals surface area contributed by atoms with Crippen LogP contribution in [0, 0.1) is 12.8 Å². The predicted octanol–water partition coefficient (Wildman–Crippen LogP) is 3.47. The van der Waals surface area contributed by atoms with Crippen LogP contribution in [-0.2, 0) is 0 Å². The van der Waals surface area contributed by atoms with Gasteiger partial charge in [0.25, 0.3) is 0 Å². The predicted molar refractivity (Wildman–Crippen MR) is 79.7 cm³/mol. The summed E-state index contributed by atoms with van der Waals surface area (Å²) in [6.45, 7) is 5.53. The molecule has 0 unspecified atom stereocenters. The Morgan fingerprint density at radius 1 is 1.33 bits per heavy atom. The van der Waals surface area contributed by atoms with Gasteiger partial charge in [0, 0.05) is 24.3 Å². The average Bonchev–Trinajstić information content (AvgIpc) is 2.40. The molecule has 1 aliphatic rings. The first-order chi connectivity index (χ1) is 8.66. The summed E-state index contributed by atoms with van der Waals surface area (Å²) in [6.07, 6.45) is 3.93. The van der Waals surface area contributed by atoms with E-state index in [1.807, 2.05) is 6.92 Å². The van der Waals surface area contributed by atoms with Crippen molar-refractivity contribution in [2.75, 3.05) is 31.6 Å². The number of hydrogen-bond donors (Lipinski definition) is 1. The van der Waals surface area contributed by atoms with Crippen LogP contribution in [0.15, 0.2) is 18.2 Å². The van der Waals surface area contributed by atoms with Gasteiger partial charge < -0.3 is 10.2 Å². The Kier molecular flexibility index (Phi) is 4.90. The average molecular weight is 267 g/mol. The highest BCUT2D eigenvalue weighted by Crippen LogP contribution is 2.23. The normalized spacial score (nSPS) is 16.8. The Bertz CT molecular complexity index is 386. The second kappa shape index (κ2) is 6.44. The number of nitrogens with one attached hydrogen (secondary N) is 1. The molecule has 18 heavy (non-hydrogen) atoms. The van der Waals surface area contributed by atoms with Crippen LogP contribution < -0.4 is 10.2 Å². The van der Waals surface area contributed by atoms with Gasteiger partial charge in [-0.3, -0.25) is 0 Å². The maximum absolute atomic E-state index is 6.17. The van der Waals surface area contributed by atoms with Crippen molar-refractivity contribution in [2.24, 2.45) is 5.92 Å². The lowest BCUT2D eigenvalue weighted by Gasteiger charge is -2.26. The van der Waals surface area contributed by atoms with Crippen molar-refractivity contribution in [1.82, 2.24) is 5.32 Å². The number of piperidine rings is 1. The molecule has 1 fully saturated rings. The Hall–Kier alpha value is -0.730. The van der Waals surface area contributed by atoms with E-state index in [0.29, 0.717) is 0 Å². The van der Waals surface area contributed by atoms with Gasteiger partial charge in [0.2, 0.25) is 0 Å². The fraction of sp³-hybridized carbons (Fsp3) is 0.600. The van der Waals surface area contributed by atoms with Crippen LogP contribution in [0.5, 0.6) is 0 Å². The van der Waals surface area contributed by atoms with Crippen LogP contribution >= 0.6 is 11.6 Å². The Morgan fingerprint density at radius 3 is 2.72 bits per heavy atom. The van der Waals surface area contributed by atoms with E-state index in [1.54, 1.807) is 0 Å². The highest BCUT2D eigenvalue weighted by Gasteiger charge is 2.13. The van der Waals surface area contributed by atoms with E-state index in [2.05, 4.69) is 35.5 Å². The Balaban J connectivity index is 1.86. The van der Waals surface area contributed by atoms with Crippen LogP contribution in [0.25, 0.3) is 0 Å². The summed E-state index contributed by atoms with van der Waals surface area (Å²) in [5, 5.41) is 4.28. The summed E-state index contributed by atoms with van der Waals surface area (Å²) in [5.74, 6) is 0.884. The van der Waals surface area contributed by atoms with Gasteiger partial charge in [0.15, 0.2) is 0 Å². The molecule has 1 saturated heterocycles. The number of halogens is 1. The van der Waals surface area contributed by atoms with Gasteiger partial charge in [0.05, 0.1) is 0 Å². The minimum Gasteiger partial charge on any atom is -0.375 e. The first kappa shape index (κ1) is 13.7. The number of benzene rings is 1. The van der Waals surface area contributed by atoms with E-state index >= 15 is 0 Å². The summed E-state index contributed by atoms with van der Waals surface area (Å²) in [5.41, 5.74) is 2.37. The van der Waals surface area contributed by atoms with Gasteiger partial charge in [-0.05, 0) is 62.9 Å². The van der Waals surface area contributed by atoms with Gasteiger partial charge in [-0.1, -0.05) is 17.7 Å². The number of rotatable bonds is 4. The van der Waals surface area contributed by atoms with E-state index in [0.717, 1.165) is 23.0 Å². The summed E-state index contributed by atoms with van der Waals surface area (Å²) in [4.78, 5) is 2.31. The maximum Gasteiger partial charge on any atom is 0.0455 e. The van der Waals surface area contributed by atoms with Crippen LogP contribution in [0.2, 0.25) is 5.02 Å². The lowest BCUT2D eigenvalue weighted by Crippen LogP contribution is -2.30. The zero-order chi connectivity index (χ0) is 13.0. The molecule has 0 aromatic heterocycles. The second-order valence-electron chi connectivity index (χ2n) is 5.34. The second-order valence-corrected chi connectivity index (χ2v) is 5.74. The largest absolute Gasteiger partial charge is 0.375 e. The fourth-order valence-corrected chi connectivity index (χ4v) is 2.67. The summed E-state index contributed by atoms with van der Waals surface area (Å²) < 4.78 is 0. The van der Waals surface area contributed by atoms with Crippen LogP contribution in [0.3, 0.4) is 0 Å². The van der Waals surface area contributed by atoms with Gasteiger partial charge in [-0.15, -0.1) is 0 Å². The molecule has 1 aromatic carbocycles. The molecule has 100 valence electrons. The molecule has 1 aromatic rings. The minimum absolute atomic E-state index is 0.862. The zero-order valence-corrected chi connectivity index (χ0v) is 12.1. The molecule has 1 N–H and O–H groups in total. The molecule has 0 amide bonds. The van der Waals surface area contributed by atoms with Crippen molar-refractivity contribution < 1.29 is 0 Å². The number of nitrogens with zero attached hydrogens (tertiary/aromatic N) is 1. The zero-order valence-electron chi connectivity index (χ0n) is 11.4. The molecule has 1 aliphatic heterocycles. The van der Waals surface area contributed by atoms with Crippen molar-refractivity contribution >= 4 is 17.3 Å². The molecule has 0 atom stereocenters. The molecule has 0 saturated carbocycles. The first-order valence-electron chi connectivity index (χ1n) is 6.85. The van der Waals surface area contributed by atoms with E-state index in [-0.39, 0.29) is 0 Å². The molecule has 0 bridgehead atoms. The third kappa shape index (κ3) is 3.63. The molecular weight excluding hydrogens is 244 g/mol. The third-order valence-electron chi connectivity index (χ3n) is 3.93. The maximum atomic E-state index is 6.17. The summed E-state index contributed by atoms with van der Waals surface area (Å²) in [6, 6.07) is 6.32. The smallest absolute Gasteiger partial charge is 0.0455 e. The van der Waals surface area contributed by atoms with Crippen molar-refractivity contribution in [2.45, 2.75) is 26.2 Å². The van der Waals surface area contributed by atoms with Gasteiger partial charge in [0.1, 0.15) is 0 Å². The third-order valence-corrected chi connectivity index (χ3v) is 4.33. The summed E-state index contributed by atoms with van der Waals surface area (Å²) in [7, 11) is 2.15. The van der Waals surface area contributed by atoms with Crippen LogP contribution in [-0.4, -0.2) is 26.7 Å². The first-order valence-corrected chi connectivity index (χ1v) is 7.22. The topological polar surface area (TPSA) is 15.3 Å². The molecule has 1 heterocycles. The lowest BCUT2D eigenvalue weighted by atomic mass is 9.94. The van der Waals surface area contributed by atoms with Crippen molar-refractivity contribution in [3.05, 3.63) is 28.8 Å². The molecule has 2 nitrogen and oxygen atoms in total. The summed E-state index contributed by atoms with van der Waals surface area (Å²) >= 11 is 6.17. The van der Waals surface area contributed by atoms with E-state index in [9.17, 15) is 0 Å². The van der Waals surface area contributed by atoms with Gasteiger partial charge >= 0.3 is 0 Å². The number of anilines is 1. The van der Waals surface area contributed by atoms with Gasteiger partial charge in [-0.25, -0.2) is 0 Å². The number of hydrogen-bond acceptors (Lipinski definition) is 2. The molecule has 0 aliphatic carbocycles. The SMILES string of the molecule is Cc1ccc(N(C)CCC2CCNCC2)cc1Cl. The fourth-order valence-electron chi connectivity index (χ4n) is 2.49. The molecule has 3 heteroatoms. The quantitative estimate of drug-likeness (QED) is 0.898. The van der Waals surface area contributed by atoms with Crippen LogP contribution in [0.1, 0.15) is 24.8 Å². The lowest BCUT2D eigenvalue weighted by molar-refractivity contribution is 0.356. The Labute approximate surface area is 115 Å². The Morgan fingerprint density at radius 2 is 2.06 bits per heavy atom.